The summed E-state index contributed by atoms with van der Waals surface area (Å²) in [4.78, 5) is 37.9. The number of rotatable bonds is 4. The first-order valence-corrected chi connectivity index (χ1v) is 6.78. The van der Waals surface area contributed by atoms with Crippen LogP contribution in [0.4, 0.5) is 0 Å². The fourth-order valence-corrected chi connectivity index (χ4v) is 3.03. The van der Waals surface area contributed by atoms with Crippen LogP contribution in [-0.2, 0) is 14.4 Å². The molecule has 19 heavy (non-hydrogen) atoms. The van der Waals surface area contributed by atoms with Gasteiger partial charge in [0, 0.05) is 6.04 Å². The molecule has 1 saturated heterocycles. The predicted octanol–water partition coefficient (Wildman–Crippen LogP) is 0.463. The number of amides is 2. The van der Waals surface area contributed by atoms with E-state index in [1.807, 2.05) is 0 Å². The van der Waals surface area contributed by atoms with Gasteiger partial charge in [-0.05, 0) is 19.9 Å². The molecule has 1 saturated carbocycles. The topological polar surface area (TPSA) is 77.9 Å². The Morgan fingerprint density at radius 2 is 1.95 bits per heavy atom. The number of carboxylic acid groups (broad SMARTS) is 1. The third-order valence-electron chi connectivity index (χ3n) is 4.02. The van der Waals surface area contributed by atoms with E-state index in [2.05, 4.69) is 0 Å². The molecule has 2 fully saturated rings. The van der Waals surface area contributed by atoms with Crippen molar-refractivity contribution in [1.29, 1.82) is 0 Å². The number of nitrogens with zero attached hydrogens (tertiary/aromatic N) is 2. The minimum absolute atomic E-state index is 0.0250. The normalized spacial score (nSPS) is 25.4. The van der Waals surface area contributed by atoms with Gasteiger partial charge in [-0.15, -0.1) is 0 Å². The lowest BCUT2D eigenvalue weighted by Crippen LogP contribution is -2.46. The lowest BCUT2D eigenvalue weighted by Gasteiger charge is -2.30. The largest absolute Gasteiger partial charge is 0.480 e. The molecule has 1 aliphatic heterocycles. The maximum absolute atomic E-state index is 12.3. The van der Waals surface area contributed by atoms with Crippen molar-refractivity contribution in [3.63, 3.8) is 0 Å². The van der Waals surface area contributed by atoms with Gasteiger partial charge in [0.2, 0.25) is 11.8 Å². The quantitative estimate of drug-likeness (QED) is 0.750. The second-order valence-corrected chi connectivity index (χ2v) is 5.42. The van der Waals surface area contributed by atoms with Crippen molar-refractivity contribution in [2.45, 2.75) is 50.6 Å². The molecule has 2 rings (SSSR count). The van der Waals surface area contributed by atoms with Crippen LogP contribution in [0.1, 0.15) is 38.5 Å². The summed E-state index contributed by atoms with van der Waals surface area (Å²) in [7, 11) is 1.58. The van der Waals surface area contributed by atoms with Gasteiger partial charge in [0.05, 0.1) is 19.0 Å². The lowest BCUT2D eigenvalue weighted by molar-refractivity contribution is -0.143. The van der Waals surface area contributed by atoms with E-state index in [4.69, 9.17) is 5.11 Å². The van der Waals surface area contributed by atoms with E-state index in [-0.39, 0.29) is 30.8 Å². The predicted molar refractivity (Wildman–Crippen MR) is 67.4 cm³/mol. The van der Waals surface area contributed by atoms with Crippen LogP contribution >= 0.6 is 0 Å². The molecule has 2 aliphatic rings. The van der Waals surface area contributed by atoms with Gasteiger partial charge in [0.1, 0.15) is 0 Å². The summed E-state index contributed by atoms with van der Waals surface area (Å²) in [5.41, 5.74) is 0. The molecule has 1 heterocycles. The zero-order valence-electron chi connectivity index (χ0n) is 11.2. The zero-order chi connectivity index (χ0) is 14.0. The van der Waals surface area contributed by atoms with Crippen molar-refractivity contribution in [2.75, 3.05) is 13.6 Å². The Labute approximate surface area is 112 Å². The van der Waals surface area contributed by atoms with Gasteiger partial charge >= 0.3 is 5.97 Å². The molecule has 6 heteroatoms. The minimum atomic E-state index is -0.987. The maximum atomic E-state index is 12.3. The number of hydrogen-bond donors (Lipinski definition) is 1. The molecule has 1 N–H and O–H groups in total. The Morgan fingerprint density at radius 3 is 2.53 bits per heavy atom. The third kappa shape index (κ3) is 2.94. The number of likely N-dealkylation sites (N-methyl/N-ethyl adjacent to an activating group) is 1. The van der Waals surface area contributed by atoms with Gasteiger partial charge in [-0.2, -0.15) is 0 Å². The van der Waals surface area contributed by atoms with E-state index < -0.39 is 12.0 Å². The number of carbonyl (C=O) groups is 3. The van der Waals surface area contributed by atoms with Crippen molar-refractivity contribution in [2.24, 2.45) is 0 Å². The molecule has 106 valence electrons. The van der Waals surface area contributed by atoms with Crippen LogP contribution in [0.2, 0.25) is 0 Å². The lowest BCUT2D eigenvalue weighted by atomic mass is 9.94. The van der Waals surface area contributed by atoms with Gasteiger partial charge in [-0.1, -0.05) is 19.3 Å². The molecular formula is C13H20N2O4. The molecule has 0 bridgehead atoms. The molecule has 0 radical (unpaired) electrons. The van der Waals surface area contributed by atoms with E-state index in [9.17, 15) is 14.4 Å². The molecule has 1 atom stereocenters. The fraction of sp³-hybridized carbons (Fsp3) is 0.769. The van der Waals surface area contributed by atoms with Crippen molar-refractivity contribution >= 4 is 17.8 Å². The Kier molecular flexibility index (Phi) is 4.19. The van der Waals surface area contributed by atoms with Gasteiger partial charge < -0.3 is 5.11 Å². The van der Waals surface area contributed by atoms with Crippen LogP contribution in [0.15, 0.2) is 0 Å². The van der Waals surface area contributed by atoms with Gasteiger partial charge in [-0.3, -0.25) is 24.2 Å². The zero-order valence-corrected chi connectivity index (χ0v) is 11.2. The van der Waals surface area contributed by atoms with Gasteiger partial charge in [-0.25, -0.2) is 0 Å². The first-order chi connectivity index (χ1) is 9.00. The Bertz CT molecular complexity index is 390. The summed E-state index contributed by atoms with van der Waals surface area (Å²) < 4.78 is 0. The molecule has 0 aromatic heterocycles. The Morgan fingerprint density at radius 1 is 1.32 bits per heavy atom. The number of aliphatic carboxylic acids is 1. The highest BCUT2D eigenvalue weighted by Crippen LogP contribution is 2.28. The van der Waals surface area contributed by atoms with Crippen LogP contribution < -0.4 is 0 Å². The summed E-state index contributed by atoms with van der Waals surface area (Å²) in [5, 5.41) is 8.76. The van der Waals surface area contributed by atoms with Crippen LogP contribution in [-0.4, -0.2) is 58.4 Å². The SMILES string of the molecule is CN(CC(=O)O)C1CC(=O)N(C2CCCCC2)C1=O. The smallest absolute Gasteiger partial charge is 0.317 e. The average molecular weight is 268 g/mol. The molecule has 0 aromatic carbocycles. The molecule has 6 nitrogen and oxygen atoms in total. The first kappa shape index (κ1) is 14.0. The second-order valence-electron chi connectivity index (χ2n) is 5.42. The van der Waals surface area contributed by atoms with Crippen molar-refractivity contribution in [3.05, 3.63) is 0 Å². The van der Waals surface area contributed by atoms with Crippen molar-refractivity contribution in [1.82, 2.24) is 9.80 Å². The summed E-state index contributed by atoms with van der Waals surface area (Å²) in [6.45, 7) is -0.220. The molecule has 0 spiro atoms. The van der Waals surface area contributed by atoms with Crippen molar-refractivity contribution < 1.29 is 19.5 Å². The minimum Gasteiger partial charge on any atom is -0.480 e. The second kappa shape index (κ2) is 5.69. The Hall–Kier alpha value is -1.43. The summed E-state index contributed by atoms with van der Waals surface area (Å²) in [6.07, 6.45) is 5.14. The number of hydrogen-bond acceptors (Lipinski definition) is 4. The van der Waals surface area contributed by atoms with E-state index >= 15 is 0 Å². The number of carboxylic acids is 1. The van der Waals surface area contributed by atoms with E-state index in [1.54, 1.807) is 7.05 Å². The summed E-state index contributed by atoms with van der Waals surface area (Å²) in [5.74, 6) is -1.36. The van der Waals surface area contributed by atoms with Crippen molar-refractivity contribution in [3.8, 4) is 0 Å². The molecule has 0 aromatic rings. The molecule has 1 aliphatic carbocycles. The average Bonchev–Trinajstić information content (AvgIpc) is 2.65. The number of carbonyl (C=O) groups excluding carboxylic acids is 2. The fourth-order valence-electron chi connectivity index (χ4n) is 3.03. The van der Waals surface area contributed by atoms with E-state index in [0.717, 1.165) is 32.1 Å². The van der Waals surface area contributed by atoms with Crippen LogP contribution in [0.25, 0.3) is 0 Å². The maximum Gasteiger partial charge on any atom is 0.317 e. The highest BCUT2D eigenvalue weighted by atomic mass is 16.4. The third-order valence-corrected chi connectivity index (χ3v) is 4.02. The molecule has 1 unspecified atom stereocenters. The van der Waals surface area contributed by atoms with Crippen LogP contribution in [0, 0.1) is 0 Å². The Balaban J connectivity index is 2.05. The van der Waals surface area contributed by atoms with Crippen LogP contribution in [0.5, 0.6) is 0 Å². The summed E-state index contributed by atoms with van der Waals surface area (Å²) >= 11 is 0. The molecule has 2 amide bonds. The first-order valence-electron chi connectivity index (χ1n) is 6.78. The van der Waals surface area contributed by atoms with E-state index in [0.29, 0.717) is 0 Å². The number of imide groups is 1. The molecular weight excluding hydrogens is 248 g/mol. The number of likely N-dealkylation sites (tertiary alicyclic amines) is 1. The highest BCUT2D eigenvalue weighted by Gasteiger charge is 2.44. The monoisotopic (exact) mass is 268 g/mol. The van der Waals surface area contributed by atoms with Gasteiger partial charge in [0.15, 0.2) is 0 Å². The van der Waals surface area contributed by atoms with Crippen LogP contribution in [0.3, 0.4) is 0 Å². The van der Waals surface area contributed by atoms with Gasteiger partial charge in [0.25, 0.3) is 0 Å². The summed E-state index contributed by atoms with van der Waals surface area (Å²) in [6, 6.07) is -0.581. The van der Waals surface area contributed by atoms with E-state index in [1.165, 1.54) is 9.80 Å². The highest BCUT2D eigenvalue weighted by molar-refractivity contribution is 6.06. The standard InChI is InChI=1S/C13H20N2O4/c1-14(8-12(17)18)10-7-11(16)15(13(10)19)9-5-3-2-4-6-9/h9-10H,2-8H2,1H3,(H,17,18).